The summed E-state index contributed by atoms with van der Waals surface area (Å²) in [4.78, 5) is 115. The van der Waals surface area contributed by atoms with Gasteiger partial charge in [0.2, 0.25) is 35.4 Å². The molecule has 24 nitrogen and oxygen atoms in total. The fourth-order valence-electron chi connectivity index (χ4n) is 4.42. The van der Waals surface area contributed by atoms with E-state index >= 15 is 0 Å². The normalized spacial score (nSPS) is 14.7. The molecule has 0 unspecified atom stereocenters. The van der Waals surface area contributed by atoms with Crippen molar-refractivity contribution < 1.29 is 68.7 Å². The number of nitrogens with one attached hydrogen (secondary N) is 6. The molecule has 0 saturated carbocycles. The summed E-state index contributed by atoms with van der Waals surface area (Å²) in [5.74, 6) is -11.2. The Bertz CT molecular complexity index is 1370. The third kappa shape index (κ3) is 19.3. The summed E-state index contributed by atoms with van der Waals surface area (Å²) in [5, 5.41) is 59.9. The number of aliphatic hydroxyl groups excluding tert-OH is 2. The third-order valence-electron chi connectivity index (χ3n) is 7.30. The lowest BCUT2D eigenvalue weighted by molar-refractivity contribution is -0.144. The number of amides is 6. The van der Waals surface area contributed by atoms with Crippen LogP contribution in [0.25, 0.3) is 0 Å². The summed E-state index contributed by atoms with van der Waals surface area (Å²) < 4.78 is 0. The molecule has 7 atom stereocenters. The average Bonchev–Trinajstić information content (AvgIpc) is 3.07. The average molecular weight is 777 g/mol. The van der Waals surface area contributed by atoms with Crippen LogP contribution in [0.2, 0.25) is 0 Å². The van der Waals surface area contributed by atoms with Crippen molar-refractivity contribution in [3.8, 4) is 0 Å². The molecule has 0 aromatic rings. The first-order valence-corrected chi connectivity index (χ1v) is 16.6. The second kappa shape index (κ2) is 24.6. The standard InChI is InChI=1S/C30H52N10O14/c1-13(2)9-17(26(50)40-20(12-42)27(51)36-16(29(53)54)6-7-21(43)44)37-23(47)14(3)35-25(49)18(10-22(45)46)38-28(52)19(11-41)39-24(48)15(31)5-4-8-34-30(32)33/h13-20,41-42H,4-12,31H2,1-3H3,(H,35,49)(H,36,51)(H,37,47)(H,38,52)(H,39,48)(H,40,50)(H,43,44)(H,45,46)(H,53,54)(H4,32,33,34)/t14-,15-,16-,17-,18-,19-,20-/m0/s1. The minimum Gasteiger partial charge on any atom is -0.481 e. The van der Waals surface area contributed by atoms with Crippen LogP contribution in [-0.4, -0.2) is 147 Å². The number of carboxylic acid groups (broad SMARTS) is 3. The highest BCUT2D eigenvalue weighted by Gasteiger charge is 2.33. The van der Waals surface area contributed by atoms with Crippen molar-refractivity contribution in [1.82, 2.24) is 31.9 Å². The Labute approximate surface area is 309 Å². The first-order chi connectivity index (χ1) is 25.1. The lowest BCUT2D eigenvalue weighted by atomic mass is 10.0. The zero-order chi connectivity index (χ0) is 41.7. The minimum absolute atomic E-state index is 0.0414. The number of hydrogen-bond acceptors (Lipinski definition) is 13. The lowest BCUT2D eigenvalue weighted by Gasteiger charge is -2.26. The SMILES string of the molecule is CC(C)C[C@H](NC(=O)[C@H](C)NC(=O)[C@H](CC(=O)O)NC(=O)[C@H](CO)NC(=O)[C@@H](N)CCCN=C(N)N)C(=O)N[C@@H](CO)C(=O)N[C@@H](CCC(=O)O)C(=O)O. The predicted octanol–water partition coefficient (Wildman–Crippen LogP) is -6.25. The Hall–Kier alpha value is -5.62. The number of carbonyl (C=O) groups is 9. The van der Waals surface area contributed by atoms with Crippen LogP contribution in [0.1, 0.15) is 59.3 Å². The summed E-state index contributed by atoms with van der Waals surface area (Å²) in [6.45, 7) is 2.70. The Balaban J connectivity index is 5.65. The van der Waals surface area contributed by atoms with Crippen molar-refractivity contribution in [3.05, 3.63) is 0 Å². The first kappa shape index (κ1) is 48.4. The Morgan fingerprint density at radius 2 is 1.06 bits per heavy atom. The van der Waals surface area contributed by atoms with Gasteiger partial charge >= 0.3 is 17.9 Å². The Morgan fingerprint density at radius 3 is 1.52 bits per heavy atom. The predicted molar refractivity (Wildman–Crippen MR) is 186 cm³/mol. The maximum Gasteiger partial charge on any atom is 0.326 e. The van der Waals surface area contributed by atoms with Gasteiger partial charge in [0.05, 0.1) is 25.7 Å². The number of nitrogens with two attached hydrogens (primary N) is 3. The number of aliphatic carboxylic acids is 3. The number of carbonyl (C=O) groups excluding carboxylic acids is 6. The van der Waals surface area contributed by atoms with E-state index in [1.807, 2.05) is 5.32 Å². The molecule has 0 aliphatic heterocycles. The number of aliphatic imine (C=N–C) groups is 1. The van der Waals surface area contributed by atoms with Gasteiger partial charge in [-0.05, 0) is 38.5 Å². The van der Waals surface area contributed by atoms with Gasteiger partial charge in [-0.2, -0.15) is 0 Å². The highest BCUT2D eigenvalue weighted by Crippen LogP contribution is 2.07. The molecule has 0 bridgehead atoms. The molecule has 0 aliphatic carbocycles. The molecule has 0 saturated heterocycles. The van der Waals surface area contributed by atoms with E-state index in [0.717, 1.165) is 6.92 Å². The van der Waals surface area contributed by atoms with E-state index in [1.54, 1.807) is 13.8 Å². The molecule has 0 fully saturated rings. The molecule has 0 aliphatic rings. The largest absolute Gasteiger partial charge is 0.481 e. The van der Waals surface area contributed by atoms with Gasteiger partial charge in [-0.3, -0.25) is 43.3 Å². The number of hydrogen-bond donors (Lipinski definition) is 14. The number of aliphatic hydroxyl groups is 2. The summed E-state index contributed by atoms with van der Waals surface area (Å²) >= 11 is 0. The zero-order valence-corrected chi connectivity index (χ0v) is 30.1. The van der Waals surface area contributed by atoms with Crippen LogP contribution >= 0.6 is 0 Å². The number of rotatable bonds is 26. The van der Waals surface area contributed by atoms with Crippen LogP contribution in [0.5, 0.6) is 0 Å². The van der Waals surface area contributed by atoms with Crippen molar-refractivity contribution in [3.63, 3.8) is 0 Å². The topological polar surface area (TPSA) is 417 Å². The van der Waals surface area contributed by atoms with E-state index in [9.17, 15) is 63.6 Å². The van der Waals surface area contributed by atoms with E-state index in [-0.39, 0.29) is 31.3 Å². The Morgan fingerprint density at radius 1 is 0.593 bits per heavy atom. The fraction of sp³-hybridized carbons (Fsp3) is 0.667. The Kier molecular flexibility index (Phi) is 22.0. The van der Waals surface area contributed by atoms with E-state index in [1.165, 1.54) is 0 Å². The zero-order valence-electron chi connectivity index (χ0n) is 30.1. The first-order valence-electron chi connectivity index (χ1n) is 16.6. The van der Waals surface area contributed by atoms with Crippen molar-refractivity contribution in [1.29, 1.82) is 0 Å². The van der Waals surface area contributed by atoms with Gasteiger partial charge in [-0.25, -0.2) is 4.79 Å². The van der Waals surface area contributed by atoms with Crippen molar-refractivity contribution in [2.75, 3.05) is 19.8 Å². The summed E-state index contributed by atoms with van der Waals surface area (Å²) in [5.41, 5.74) is 16.2. The molecular formula is C30H52N10O14. The monoisotopic (exact) mass is 776 g/mol. The quantitative estimate of drug-likeness (QED) is 0.0221. The molecule has 24 heteroatoms. The van der Waals surface area contributed by atoms with Crippen LogP contribution < -0.4 is 49.1 Å². The van der Waals surface area contributed by atoms with Gasteiger partial charge in [-0.1, -0.05) is 13.8 Å². The van der Waals surface area contributed by atoms with Gasteiger partial charge in [0.15, 0.2) is 5.96 Å². The van der Waals surface area contributed by atoms with Crippen LogP contribution in [-0.2, 0) is 43.2 Å². The van der Waals surface area contributed by atoms with Crippen LogP contribution in [0.15, 0.2) is 4.99 Å². The molecule has 306 valence electrons. The fourth-order valence-corrected chi connectivity index (χ4v) is 4.42. The molecular weight excluding hydrogens is 724 g/mol. The highest BCUT2D eigenvalue weighted by atomic mass is 16.4. The molecule has 6 amide bonds. The highest BCUT2D eigenvalue weighted by molar-refractivity contribution is 5.97. The maximum atomic E-state index is 13.1. The van der Waals surface area contributed by atoms with Gasteiger partial charge in [0.1, 0.15) is 36.3 Å². The van der Waals surface area contributed by atoms with Crippen LogP contribution in [0.4, 0.5) is 0 Å². The molecule has 0 rings (SSSR count). The van der Waals surface area contributed by atoms with Crippen LogP contribution in [0.3, 0.4) is 0 Å². The number of nitrogens with zero attached hydrogens (tertiary/aromatic N) is 1. The van der Waals surface area contributed by atoms with Crippen molar-refractivity contribution >= 4 is 59.3 Å². The molecule has 54 heavy (non-hydrogen) atoms. The van der Waals surface area contributed by atoms with Gasteiger partial charge in [0.25, 0.3) is 0 Å². The summed E-state index contributed by atoms with van der Waals surface area (Å²) in [6.07, 6.45) is -1.75. The third-order valence-corrected chi connectivity index (χ3v) is 7.30. The maximum absolute atomic E-state index is 13.1. The minimum atomic E-state index is -1.83. The van der Waals surface area contributed by atoms with Gasteiger partial charge in [-0.15, -0.1) is 0 Å². The second-order valence-corrected chi connectivity index (χ2v) is 12.5. The van der Waals surface area contributed by atoms with Gasteiger partial charge < -0.3 is 74.6 Å². The second-order valence-electron chi connectivity index (χ2n) is 12.5. The number of carboxylic acids is 3. The number of guanidine groups is 1. The van der Waals surface area contributed by atoms with Crippen molar-refractivity contribution in [2.45, 2.75) is 102 Å². The molecule has 17 N–H and O–H groups in total. The van der Waals surface area contributed by atoms with E-state index < -0.39 is 128 Å². The van der Waals surface area contributed by atoms with Gasteiger partial charge in [0, 0.05) is 13.0 Å². The van der Waals surface area contributed by atoms with Crippen molar-refractivity contribution in [2.24, 2.45) is 28.1 Å². The molecule has 0 aromatic heterocycles. The smallest absolute Gasteiger partial charge is 0.326 e. The molecule has 0 radical (unpaired) electrons. The molecule has 0 spiro atoms. The van der Waals surface area contributed by atoms with E-state index in [2.05, 4.69) is 31.6 Å². The van der Waals surface area contributed by atoms with E-state index in [0.29, 0.717) is 6.42 Å². The molecule has 0 heterocycles. The van der Waals surface area contributed by atoms with Crippen LogP contribution in [0, 0.1) is 5.92 Å². The summed E-state index contributed by atoms with van der Waals surface area (Å²) in [6, 6.07) is -10.9. The summed E-state index contributed by atoms with van der Waals surface area (Å²) in [7, 11) is 0. The molecule has 0 aromatic carbocycles. The van der Waals surface area contributed by atoms with E-state index in [4.69, 9.17) is 22.3 Å². The lowest BCUT2D eigenvalue weighted by Crippen LogP contribution is -2.60.